The summed E-state index contributed by atoms with van der Waals surface area (Å²) >= 11 is 0. The Balaban J connectivity index is 1.29. The number of amides is 4. The fraction of sp³-hybridized carbons (Fsp3) is 0.310. The molecule has 2 aromatic carbocycles. The molecule has 0 bridgehead atoms. The van der Waals surface area contributed by atoms with Crippen molar-refractivity contribution in [2.24, 2.45) is 4.99 Å². The van der Waals surface area contributed by atoms with Crippen LogP contribution in [0.15, 0.2) is 59.1 Å². The number of imide groups is 1. The molecule has 2 aromatic rings. The van der Waals surface area contributed by atoms with Crippen molar-refractivity contribution in [1.29, 1.82) is 0 Å². The summed E-state index contributed by atoms with van der Waals surface area (Å²) in [5, 5.41) is 3.67. The molecule has 0 atom stereocenters. The van der Waals surface area contributed by atoms with Crippen LogP contribution in [0, 0.1) is 13.8 Å². The van der Waals surface area contributed by atoms with Gasteiger partial charge in [0, 0.05) is 31.1 Å². The Morgan fingerprint density at radius 2 is 1.70 bits per heavy atom. The molecule has 0 aliphatic carbocycles. The monoisotopic (exact) mass is 631 g/mol. The smallest absolute Gasteiger partial charge is 0.406 e. The molecule has 3 aliphatic heterocycles. The second-order valence-corrected chi connectivity index (χ2v) is 12.5. The average Bonchev–Trinajstić information content (AvgIpc) is 3.35. The van der Waals surface area contributed by atoms with Crippen LogP contribution >= 0.6 is 0 Å². The van der Waals surface area contributed by atoms with E-state index >= 15 is 0 Å². The van der Waals surface area contributed by atoms with E-state index in [0.717, 1.165) is 27.3 Å². The molecule has 2 saturated heterocycles. The molecule has 0 saturated carbocycles. The molecule has 2 fully saturated rings. The predicted molar refractivity (Wildman–Crippen MR) is 155 cm³/mol. The van der Waals surface area contributed by atoms with Gasteiger partial charge in [-0.25, -0.2) is 18.1 Å². The summed E-state index contributed by atoms with van der Waals surface area (Å²) < 4.78 is 69.5. The van der Waals surface area contributed by atoms with Crippen LogP contribution in [0.3, 0.4) is 0 Å². The first kappa shape index (κ1) is 30.9. The molecule has 15 heteroatoms. The molecule has 1 spiro atoms. The lowest BCUT2D eigenvalue weighted by Gasteiger charge is -2.34. The van der Waals surface area contributed by atoms with Gasteiger partial charge in [-0.1, -0.05) is 18.7 Å². The minimum Gasteiger partial charge on any atom is -0.406 e. The highest BCUT2D eigenvalue weighted by Gasteiger charge is 2.47. The maximum atomic E-state index is 13.2. The van der Waals surface area contributed by atoms with Crippen LogP contribution in [-0.2, 0) is 19.6 Å². The molecule has 4 amide bonds. The van der Waals surface area contributed by atoms with Crippen molar-refractivity contribution in [3.05, 3.63) is 76.3 Å². The number of nitrogens with one attached hydrogen (secondary N) is 1. The summed E-state index contributed by atoms with van der Waals surface area (Å²) in [6, 6.07) is 7.76. The van der Waals surface area contributed by atoms with Gasteiger partial charge in [-0.2, -0.15) is 4.31 Å². The van der Waals surface area contributed by atoms with Crippen molar-refractivity contribution >= 4 is 45.5 Å². The highest BCUT2D eigenvalue weighted by Crippen LogP contribution is 2.34. The molecule has 0 unspecified atom stereocenters. The molecule has 3 heterocycles. The summed E-state index contributed by atoms with van der Waals surface area (Å²) in [6.45, 7) is 7.07. The Kier molecular flexibility index (Phi) is 7.66. The standard InChI is InChI=1S/C29H28F3N5O6S/c1-17-14-21(37-25(38)19(3)35(4)27(37)40)15-18(2)23(17)8-13-44(41,42)36-11-9-28(10-12-36)26(39)33-24(34-28)20-6-5-7-22(16-20)43-29(30,31)32/h5-8,13-16H,3,9-12H2,1-2,4H3,(H,33,34,39)/b13-8+. The molecule has 3 aliphatic rings. The van der Waals surface area contributed by atoms with Crippen molar-refractivity contribution in [2.75, 3.05) is 25.0 Å². The number of carbonyl (C=O) groups is 3. The van der Waals surface area contributed by atoms with E-state index in [9.17, 15) is 36.0 Å². The highest BCUT2D eigenvalue weighted by molar-refractivity contribution is 7.92. The fourth-order valence-electron chi connectivity index (χ4n) is 5.38. The number of likely N-dealkylation sites (N-methyl/N-ethyl adjacent to an activating group) is 1. The second kappa shape index (κ2) is 10.9. The van der Waals surface area contributed by atoms with Crippen molar-refractivity contribution in [3.8, 4) is 5.75 Å². The Morgan fingerprint density at radius 3 is 2.27 bits per heavy atom. The van der Waals surface area contributed by atoms with Crippen molar-refractivity contribution in [3.63, 3.8) is 0 Å². The minimum absolute atomic E-state index is 0.0123. The summed E-state index contributed by atoms with van der Waals surface area (Å²) in [5.41, 5.74) is 1.23. The molecule has 232 valence electrons. The number of sulfonamides is 1. The number of hydrogen-bond donors (Lipinski definition) is 1. The Hall–Kier alpha value is -4.50. The van der Waals surface area contributed by atoms with Crippen LogP contribution in [0.5, 0.6) is 5.75 Å². The highest BCUT2D eigenvalue weighted by atomic mass is 32.2. The van der Waals surface area contributed by atoms with Gasteiger partial charge in [-0.15, -0.1) is 13.2 Å². The van der Waals surface area contributed by atoms with Crippen LogP contribution in [-0.4, -0.2) is 73.3 Å². The molecular weight excluding hydrogens is 603 g/mol. The van der Waals surface area contributed by atoms with Crippen LogP contribution in [0.2, 0.25) is 0 Å². The first-order valence-electron chi connectivity index (χ1n) is 13.4. The van der Waals surface area contributed by atoms with E-state index in [1.54, 1.807) is 26.0 Å². The second-order valence-electron chi connectivity index (χ2n) is 10.7. The van der Waals surface area contributed by atoms with E-state index in [-0.39, 0.29) is 43.0 Å². The average molecular weight is 632 g/mol. The van der Waals surface area contributed by atoms with Gasteiger partial charge in [0.15, 0.2) is 0 Å². The van der Waals surface area contributed by atoms with Gasteiger partial charge in [-0.3, -0.25) is 19.5 Å². The van der Waals surface area contributed by atoms with Gasteiger partial charge in [0.25, 0.3) is 11.8 Å². The van der Waals surface area contributed by atoms with Crippen LogP contribution in [0.4, 0.5) is 23.7 Å². The molecular formula is C29H28F3N5O6S. The number of rotatable bonds is 6. The van der Waals surface area contributed by atoms with Crippen molar-refractivity contribution in [2.45, 2.75) is 38.6 Å². The summed E-state index contributed by atoms with van der Waals surface area (Å²) in [4.78, 5) is 44.6. The number of hydrogen-bond acceptors (Lipinski definition) is 7. The number of ether oxygens (including phenoxy) is 1. The Morgan fingerprint density at radius 1 is 1.07 bits per heavy atom. The normalized spacial score (nSPS) is 19.4. The lowest BCUT2D eigenvalue weighted by molar-refractivity contribution is -0.274. The molecule has 5 rings (SSSR count). The van der Waals surface area contributed by atoms with E-state index in [1.807, 2.05) is 0 Å². The number of benzene rings is 2. The molecule has 0 aromatic heterocycles. The number of alkyl halides is 3. The van der Waals surface area contributed by atoms with Crippen molar-refractivity contribution < 1.29 is 40.7 Å². The van der Waals surface area contributed by atoms with Crippen molar-refractivity contribution in [1.82, 2.24) is 14.5 Å². The first-order chi connectivity index (χ1) is 20.5. The van der Waals surface area contributed by atoms with Crippen LogP contribution < -0.4 is 15.0 Å². The topological polar surface area (TPSA) is 129 Å². The lowest BCUT2D eigenvalue weighted by Crippen LogP contribution is -2.50. The maximum absolute atomic E-state index is 13.2. The third kappa shape index (κ3) is 5.71. The minimum atomic E-state index is -4.88. The van der Waals surface area contributed by atoms with Gasteiger partial charge in [0.05, 0.1) is 5.69 Å². The van der Waals surface area contributed by atoms with E-state index in [4.69, 9.17) is 0 Å². The quantitative estimate of drug-likeness (QED) is 0.381. The Bertz CT molecular complexity index is 1740. The summed E-state index contributed by atoms with van der Waals surface area (Å²) in [6.07, 6.45) is -3.30. The third-order valence-corrected chi connectivity index (χ3v) is 9.37. The molecule has 1 N–H and O–H groups in total. The van der Waals surface area contributed by atoms with Gasteiger partial charge in [0.2, 0.25) is 10.0 Å². The lowest BCUT2D eigenvalue weighted by atomic mass is 9.89. The SMILES string of the molecule is C=C1C(=O)N(c2cc(C)c(/C=C/S(=O)(=O)N3CCC4(CC3)N=C(c3cccc(OC(F)(F)F)c3)NC4=O)c(C)c2)C(=O)N1C. The van der Waals surface area contributed by atoms with E-state index in [1.165, 1.54) is 29.6 Å². The summed E-state index contributed by atoms with van der Waals surface area (Å²) in [5.74, 6) is -1.38. The van der Waals surface area contributed by atoms with Gasteiger partial charge < -0.3 is 10.1 Å². The van der Waals surface area contributed by atoms with Crippen LogP contribution in [0.1, 0.15) is 35.1 Å². The molecule has 11 nitrogen and oxygen atoms in total. The van der Waals surface area contributed by atoms with Gasteiger partial charge >= 0.3 is 12.4 Å². The van der Waals surface area contributed by atoms with Gasteiger partial charge in [0.1, 0.15) is 22.8 Å². The number of urea groups is 1. The maximum Gasteiger partial charge on any atom is 0.573 e. The number of halogens is 3. The van der Waals surface area contributed by atoms with E-state index in [2.05, 4.69) is 21.6 Å². The summed E-state index contributed by atoms with van der Waals surface area (Å²) in [7, 11) is -2.46. The largest absolute Gasteiger partial charge is 0.573 e. The number of amidine groups is 1. The fourth-order valence-corrected chi connectivity index (χ4v) is 6.55. The number of aliphatic imine (C=N–C) groups is 1. The number of anilines is 1. The Labute approximate surface area is 251 Å². The number of nitrogens with zero attached hydrogens (tertiary/aromatic N) is 4. The number of carbonyl (C=O) groups excluding carboxylic acids is 3. The van der Waals surface area contributed by atoms with Gasteiger partial charge in [-0.05, 0) is 73.7 Å². The van der Waals surface area contributed by atoms with Crippen LogP contribution in [0.25, 0.3) is 6.08 Å². The third-order valence-electron chi connectivity index (χ3n) is 7.81. The molecule has 0 radical (unpaired) electrons. The number of aryl methyl sites for hydroxylation is 2. The zero-order valence-electron chi connectivity index (χ0n) is 23.9. The zero-order valence-corrected chi connectivity index (χ0v) is 24.8. The number of piperidine rings is 1. The van der Waals surface area contributed by atoms with E-state index < -0.39 is 45.5 Å². The first-order valence-corrected chi connectivity index (χ1v) is 14.9. The zero-order chi connectivity index (χ0) is 32.2. The van der Waals surface area contributed by atoms with E-state index in [0.29, 0.717) is 22.4 Å². The molecule has 44 heavy (non-hydrogen) atoms. The predicted octanol–water partition coefficient (Wildman–Crippen LogP) is 3.83.